The molecule has 0 bridgehead atoms. The molecule has 0 unspecified atom stereocenters. The highest BCUT2D eigenvalue weighted by atomic mass is 16.5. The van der Waals surface area contributed by atoms with Crippen molar-refractivity contribution in [2.24, 2.45) is 0 Å². The molecule has 0 aliphatic heterocycles. The van der Waals surface area contributed by atoms with E-state index in [0.717, 1.165) is 38.0 Å². The van der Waals surface area contributed by atoms with E-state index in [1.54, 1.807) is 0 Å². The molecule has 1 fully saturated rings. The summed E-state index contributed by atoms with van der Waals surface area (Å²) in [6, 6.07) is 8.20. The van der Waals surface area contributed by atoms with Crippen molar-refractivity contribution in [1.82, 2.24) is 0 Å². The van der Waals surface area contributed by atoms with Gasteiger partial charge in [-0.2, -0.15) is 0 Å². The Labute approximate surface area is 97.3 Å². The van der Waals surface area contributed by atoms with Gasteiger partial charge in [0.1, 0.15) is 5.75 Å². The first-order valence-corrected chi connectivity index (χ1v) is 6.15. The summed E-state index contributed by atoms with van der Waals surface area (Å²) in [5.74, 6) is 0.936. The van der Waals surface area contributed by atoms with E-state index in [4.69, 9.17) is 4.74 Å². The Hall–Kier alpha value is -1.02. The third kappa shape index (κ3) is 2.38. The summed E-state index contributed by atoms with van der Waals surface area (Å²) in [7, 11) is 0. The van der Waals surface area contributed by atoms with Crippen LogP contribution < -0.4 is 4.74 Å². The van der Waals surface area contributed by atoms with Crippen molar-refractivity contribution in [2.75, 3.05) is 13.2 Å². The van der Waals surface area contributed by atoms with Gasteiger partial charge in [-0.3, -0.25) is 0 Å². The van der Waals surface area contributed by atoms with E-state index < -0.39 is 0 Å². The number of aliphatic hydroxyl groups excluding tert-OH is 1. The minimum absolute atomic E-state index is 0.0714. The highest BCUT2D eigenvalue weighted by molar-refractivity contribution is 5.36. The molecule has 1 aliphatic rings. The van der Waals surface area contributed by atoms with Crippen molar-refractivity contribution in [3.05, 3.63) is 29.8 Å². The van der Waals surface area contributed by atoms with Crippen molar-refractivity contribution in [2.45, 2.75) is 38.0 Å². The Balaban J connectivity index is 1.94. The molecular formula is C14H20O2. The van der Waals surface area contributed by atoms with Crippen LogP contribution >= 0.6 is 0 Å². The predicted molar refractivity (Wildman–Crippen MR) is 64.8 cm³/mol. The molecule has 0 atom stereocenters. The molecule has 0 heterocycles. The number of hydrogen-bond acceptors (Lipinski definition) is 2. The fourth-order valence-electron chi connectivity index (χ4n) is 1.93. The van der Waals surface area contributed by atoms with E-state index in [-0.39, 0.29) is 12.0 Å². The molecule has 16 heavy (non-hydrogen) atoms. The minimum Gasteiger partial charge on any atom is -0.494 e. The maximum Gasteiger partial charge on any atom is 0.119 e. The van der Waals surface area contributed by atoms with Gasteiger partial charge in [-0.15, -0.1) is 0 Å². The summed E-state index contributed by atoms with van der Waals surface area (Å²) in [6.07, 6.45) is 4.48. The number of benzene rings is 1. The smallest absolute Gasteiger partial charge is 0.119 e. The lowest BCUT2D eigenvalue weighted by molar-refractivity contribution is 0.255. The van der Waals surface area contributed by atoms with E-state index in [1.165, 1.54) is 5.56 Å². The van der Waals surface area contributed by atoms with Crippen molar-refractivity contribution in [3.63, 3.8) is 0 Å². The Bertz CT molecular complexity index is 325. The number of rotatable bonds is 6. The van der Waals surface area contributed by atoms with Crippen LogP contribution in [0.2, 0.25) is 0 Å². The van der Waals surface area contributed by atoms with Gasteiger partial charge in [0.25, 0.3) is 0 Å². The van der Waals surface area contributed by atoms with Crippen LogP contribution in [0.3, 0.4) is 0 Å². The first kappa shape index (κ1) is 11.5. The van der Waals surface area contributed by atoms with Crippen LogP contribution in [0.5, 0.6) is 5.75 Å². The molecule has 1 aromatic carbocycles. The van der Waals surface area contributed by atoms with Crippen molar-refractivity contribution >= 4 is 0 Å². The van der Waals surface area contributed by atoms with Gasteiger partial charge >= 0.3 is 0 Å². The van der Waals surface area contributed by atoms with Crippen LogP contribution in [-0.4, -0.2) is 18.3 Å². The van der Waals surface area contributed by atoms with Gasteiger partial charge in [0.05, 0.1) is 13.2 Å². The normalized spacial score (nSPS) is 17.1. The van der Waals surface area contributed by atoms with E-state index in [2.05, 4.69) is 19.1 Å². The minimum atomic E-state index is 0.0714. The molecule has 2 nitrogen and oxygen atoms in total. The Kier molecular flexibility index (Phi) is 3.49. The number of aliphatic hydroxyl groups is 1. The van der Waals surface area contributed by atoms with Crippen LogP contribution in [0.25, 0.3) is 0 Å². The molecule has 1 aliphatic carbocycles. The van der Waals surface area contributed by atoms with E-state index in [1.807, 2.05) is 12.1 Å². The Morgan fingerprint density at radius 2 is 1.94 bits per heavy atom. The number of hydrogen-bond donors (Lipinski definition) is 1. The second-order valence-electron chi connectivity index (χ2n) is 4.66. The van der Waals surface area contributed by atoms with Crippen LogP contribution in [0.15, 0.2) is 24.3 Å². The lowest BCUT2D eigenvalue weighted by Gasteiger charge is -2.12. The van der Waals surface area contributed by atoms with Crippen LogP contribution in [0.1, 0.15) is 38.2 Å². The molecule has 0 spiro atoms. The van der Waals surface area contributed by atoms with E-state index in [9.17, 15) is 5.11 Å². The summed E-state index contributed by atoms with van der Waals surface area (Å²) >= 11 is 0. The molecule has 2 heteroatoms. The van der Waals surface area contributed by atoms with Gasteiger partial charge in [-0.1, -0.05) is 25.5 Å². The summed E-state index contributed by atoms with van der Waals surface area (Å²) in [6.45, 7) is 3.22. The van der Waals surface area contributed by atoms with Gasteiger partial charge in [0.15, 0.2) is 0 Å². The topological polar surface area (TPSA) is 29.5 Å². The fraction of sp³-hybridized carbons (Fsp3) is 0.571. The molecule has 1 aromatic rings. The first-order chi connectivity index (χ1) is 7.80. The molecule has 0 saturated heterocycles. The zero-order valence-corrected chi connectivity index (χ0v) is 9.91. The van der Waals surface area contributed by atoms with Crippen LogP contribution in [-0.2, 0) is 5.41 Å². The zero-order valence-electron chi connectivity index (χ0n) is 9.91. The number of ether oxygens (including phenoxy) is 1. The second kappa shape index (κ2) is 4.88. The molecule has 1 saturated carbocycles. The standard InChI is InChI=1S/C14H20O2/c1-2-3-10-16-13-6-4-12(5-7-13)14(11-15)8-9-14/h4-7,15H,2-3,8-11H2,1H3. The lowest BCUT2D eigenvalue weighted by Crippen LogP contribution is -2.11. The van der Waals surface area contributed by atoms with Gasteiger partial charge in [0, 0.05) is 5.41 Å². The van der Waals surface area contributed by atoms with Gasteiger partial charge < -0.3 is 9.84 Å². The molecule has 1 N–H and O–H groups in total. The third-order valence-corrected chi connectivity index (χ3v) is 3.39. The largest absolute Gasteiger partial charge is 0.494 e. The third-order valence-electron chi connectivity index (χ3n) is 3.39. The van der Waals surface area contributed by atoms with E-state index >= 15 is 0 Å². The molecular weight excluding hydrogens is 200 g/mol. The van der Waals surface area contributed by atoms with Gasteiger partial charge in [-0.25, -0.2) is 0 Å². The summed E-state index contributed by atoms with van der Waals surface area (Å²) in [5.41, 5.74) is 1.32. The van der Waals surface area contributed by atoms with Crippen molar-refractivity contribution in [3.8, 4) is 5.75 Å². The SMILES string of the molecule is CCCCOc1ccc(C2(CO)CC2)cc1. The molecule has 0 aromatic heterocycles. The molecule has 2 rings (SSSR count). The fourth-order valence-corrected chi connectivity index (χ4v) is 1.93. The molecule has 88 valence electrons. The highest BCUT2D eigenvalue weighted by Gasteiger charge is 2.43. The molecule has 0 radical (unpaired) electrons. The van der Waals surface area contributed by atoms with Crippen LogP contribution in [0.4, 0.5) is 0 Å². The quantitative estimate of drug-likeness (QED) is 0.747. The zero-order chi connectivity index (χ0) is 11.4. The average Bonchev–Trinajstić information content (AvgIpc) is 3.11. The number of unbranched alkanes of at least 4 members (excludes halogenated alkanes) is 1. The maximum atomic E-state index is 9.32. The highest BCUT2D eigenvalue weighted by Crippen LogP contribution is 2.47. The average molecular weight is 220 g/mol. The summed E-state index contributed by atoms with van der Waals surface area (Å²) in [4.78, 5) is 0. The van der Waals surface area contributed by atoms with Gasteiger partial charge in [-0.05, 0) is 37.0 Å². The monoisotopic (exact) mass is 220 g/mol. The summed E-state index contributed by atoms with van der Waals surface area (Å²) in [5, 5.41) is 9.32. The molecule has 0 amide bonds. The lowest BCUT2D eigenvalue weighted by atomic mass is 9.97. The van der Waals surface area contributed by atoms with Gasteiger partial charge in [0.2, 0.25) is 0 Å². The van der Waals surface area contributed by atoms with Crippen molar-refractivity contribution in [1.29, 1.82) is 0 Å². The first-order valence-electron chi connectivity index (χ1n) is 6.15. The second-order valence-corrected chi connectivity index (χ2v) is 4.66. The summed E-state index contributed by atoms with van der Waals surface area (Å²) < 4.78 is 5.61. The Morgan fingerprint density at radius 3 is 2.44 bits per heavy atom. The van der Waals surface area contributed by atoms with E-state index in [0.29, 0.717) is 0 Å². The predicted octanol–water partition coefficient (Wildman–Crippen LogP) is 2.89. The Morgan fingerprint density at radius 1 is 1.25 bits per heavy atom. The van der Waals surface area contributed by atoms with Crippen molar-refractivity contribution < 1.29 is 9.84 Å². The van der Waals surface area contributed by atoms with Crippen LogP contribution in [0, 0.1) is 0 Å². The maximum absolute atomic E-state index is 9.32.